The van der Waals surface area contributed by atoms with Crippen molar-refractivity contribution in [1.29, 1.82) is 0 Å². The maximum Gasteiger partial charge on any atom is 0.495 e. The minimum atomic E-state index is -0.869. The van der Waals surface area contributed by atoms with Gasteiger partial charge in [0.2, 0.25) is 32.8 Å². The van der Waals surface area contributed by atoms with Crippen LogP contribution in [0.3, 0.4) is 0 Å². The minimum absolute atomic E-state index is 0.704. The lowest BCUT2D eigenvalue weighted by Gasteiger charge is -1.73. The van der Waals surface area contributed by atoms with Gasteiger partial charge in [0, 0.05) is 0 Å². The third-order valence-corrected chi connectivity index (χ3v) is 5.37. The standard InChI is InChI=1S/H6O2PSSi2/c4-3(1-5)2-6/h5-6H3/q+1. The van der Waals surface area contributed by atoms with Crippen LogP contribution in [0.2, 0.25) is 0 Å². The molecule has 0 aromatic carbocycles. The normalized spacial score (nSPS) is 12.3. The van der Waals surface area contributed by atoms with Crippen LogP contribution < -0.4 is 0 Å². The van der Waals surface area contributed by atoms with Gasteiger partial charge >= 0.3 is 7.15 Å². The largest absolute Gasteiger partial charge is 0.495 e. The third-order valence-electron chi connectivity index (χ3n) is 0.298. The Hall–Kier alpha value is 0.874. The van der Waals surface area contributed by atoms with Gasteiger partial charge in [0.05, 0.1) is 0 Å². The molecule has 2 nitrogen and oxygen atoms in total. The van der Waals surface area contributed by atoms with Crippen LogP contribution in [0.5, 0.6) is 0 Å². The van der Waals surface area contributed by atoms with Crippen LogP contribution in [0.4, 0.5) is 0 Å². The molecule has 0 amide bonds. The van der Waals surface area contributed by atoms with E-state index < -0.39 is 7.15 Å². The van der Waals surface area contributed by atoms with E-state index in [1.807, 2.05) is 0 Å². The van der Waals surface area contributed by atoms with Gasteiger partial charge in [-0.2, -0.15) is 0 Å². The van der Waals surface area contributed by atoms with Crippen LogP contribution in [-0.4, -0.2) is 21.0 Å². The molecule has 0 bridgehead atoms. The Labute approximate surface area is 48.9 Å². The SMILES string of the molecule is [SiH3]O[P+](=S)O[SiH3]. The highest BCUT2D eigenvalue weighted by Crippen LogP contribution is 2.17. The minimum Gasteiger partial charge on any atom is -0.210 e. The Morgan fingerprint density at radius 3 is 1.67 bits per heavy atom. The Bertz CT molecular complexity index is 49.5. The van der Waals surface area contributed by atoms with Crippen molar-refractivity contribution in [1.82, 2.24) is 0 Å². The molecule has 0 spiro atoms. The molecule has 0 fully saturated rings. The fourth-order valence-electron chi connectivity index (χ4n) is 0.0745. The Kier molecular flexibility index (Phi) is 4.63. The van der Waals surface area contributed by atoms with Gasteiger partial charge in [-0.25, -0.2) is 8.43 Å². The summed E-state index contributed by atoms with van der Waals surface area (Å²) in [5.74, 6) is 0. The van der Waals surface area contributed by atoms with Gasteiger partial charge in [-0.1, -0.05) is 0 Å². The molecule has 0 saturated carbocycles. The highest BCUT2D eigenvalue weighted by atomic mass is 32.4. The number of hydrogen-bond donors (Lipinski definition) is 0. The lowest BCUT2D eigenvalue weighted by molar-refractivity contribution is 0.574. The van der Waals surface area contributed by atoms with Crippen LogP contribution in [0, 0.1) is 0 Å². The smallest absolute Gasteiger partial charge is 0.210 e. The van der Waals surface area contributed by atoms with Crippen molar-refractivity contribution in [2.24, 2.45) is 0 Å². The van der Waals surface area contributed by atoms with Crippen LogP contribution >= 0.6 is 7.15 Å². The molecule has 36 valence electrons. The van der Waals surface area contributed by atoms with E-state index in [4.69, 9.17) is 8.43 Å². The van der Waals surface area contributed by atoms with Crippen molar-refractivity contribution >= 4 is 39.9 Å². The Morgan fingerprint density at radius 2 is 1.67 bits per heavy atom. The summed E-state index contributed by atoms with van der Waals surface area (Å²) in [4.78, 5) is 0. The molecule has 0 atom stereocenters. The molecule has 0 aliphatic carbocycles. The summed E-state index contributed by atoms with van der Waals surface area (Å²) in [7, 11) is 0.539. The molecule has 0 saturated heterocycles. The number of hydrogen-bond acceptors (Lipinski definition) is 3. The average molecular weight is 157 g/mol. The maximum atomic E-state index is 4.73. The van der Waals surface area contributed by atoms with Gasteiger partial charge in [-0.05, 0) is 0 Å². The van der Waals surface area contributed by atoms with Gasteiger partial charge in [0.15, 0.2) is 0 Å². The molecule has 0 rings (SSSR count). The Balaban J connectivity index is 2.99. The van der Waals surface area contributed by atoms with Crippen LogP contribution in [0.25, 0.3) is 0 Å². The molecule has 0 aliphatic heterocycles. The lowest BCUT2D eigenvalue weighted by Crippen LogP contribution is -1.70. The first-order valence-corrected chi connectivity index (χ1v) is 5.19. The van der Waals surface area contributed by atoms with Gasteiger partial charge in [0.25, 0.3) is 0 Å². The summed E-state index contributed by atoms with van der Waals surface area (Å²) in [5, 5.41) is 0. The van der Waals surface area contributed by atoms with Crippen molar-refractivity contribution in [3.63, 3.8) is 0 Å². The first-order chi connectivity index (χ1) is 2.81. The molecule has 0 unspecified atom stereocenters. The van der Waals surface area contributed by atoms with Gasteiger partial charge < -0.3 is 0 Å². The molecule has 0 radical (unpaired) electrons. The van der Waals surface area contributed by atoms with Gasteiger partial charge in [-0.15, -0.1) is 0 Å². The summed E-state index contributed by atoms with van der Waals surface area (Å²) in [6.45, 7) is 0. The van der Waals surface area contributed by atoms with Crippen molar-refractivity contribution in [3.8, 4) is 0 Å². The molecular formula is H6O2PSSi2+. The Morgan fingerprint density at radius 1 is 1.33 bits per heavy atom. The van der Waals surface area contributed by atoms with Crippen LogP contribution in [-0.2, 0) is 20.2 Å². The van der Waals surface area contributed by atoms with Crippen molar-refractivity contribution in [3.05, 3.63) is 0 Å². The maximum absolute atomic E-state index is 4.73. The van der Waals surface area contributed by atoms with E-state index in [-0.39, 0.29) is 0 Å². The van der Waals surface area contributed by atoms with E-state index in [0.717, 1.165) is 0 Å². The first-order valence-electron chi connectivity index (χ1n) is 1.36. The highest BCUT2D eigenvalue weighted by Gasteiger charge is 2.00. The van der Waals surface area contributed by atoms with E-state index in [2.05, 4.69) is 11.8 Å². The van der Waals surface area contributed by atoms with E-state index >= 15 is 0 Å². The summed E-state index contributed by atoms with van der Waals surface area (Å²) >= 11 is 4.63. The van der Waals surface area contributed by atoms with Gasteiger partial charge in [0.1, 0.15) is 0 Å². The molecule has 0 N–H and O–H groups in total. The average Bonchev–Trinajstić information content (AvgIpc) is 1.65. The fraction of sp³-hybridized carbons (Fsp3) is 0. The second kappa shape index (κ2) is 4.04. The zero-order valence-corrected chi connectivity index (χ0v) is 9.38. The second-order valence-electron chi connectivity index (χ2n) is 0.589. The molecule has 0 heterocycles. The molecule has 6 heteroatoms. The summed E-state index contributed by atoms with van der Waals surface area (Å²) < 4.78 is 9.46. The second-order valence-corrected chi connectivity index (χ2v) is 4.85. The molecule has 0 aromatic heterocycles. The molecule has 6 heavy (non-hydrogen) atoms. The zero-order valence-electron chi connectivity index (χ0n) is 3.67. The van der Waals surface area contributed by atoms with Crippen molar-refractivity contribution < 1.29 is 8.43 Å². The molecule has 0 aromatic rings. The van der Waals surface area contributed by atoms with E-state index in [1.54, 1.807) is 0 Å². The number of rotatable bonds is 2. The van der Waals surface area contributed by atoms with E-state index in [9.17, 15) is 0 Å². The van der Waals surface area contributed by atoms with E-state index in [0.29, 0.717) is 21.0 Å². The van der Waals surface area contributed by atoms with Gasteiger partial charge in [-0.3, -0.25) is 0 Å². The van der Waals surface area contributed by atoms with Crippen LogP contribution in [0.1, 0.15) is 0 Å². The van der Waals surface area contributed by atoms with E-state index in [1.165, 1.54) is 0 Å². The molecular weight excluding hydrogens is 151 g/mol. The predicted octanol–water partition coefficient (Wildman–Crippen LogP) is -1.65. The summed E-state index contributed by atoms with van der Waals surface area (Å²) in [6.07, 6.45) is 0. The lowest BCUT2D eigenvalue weighted by atomic mass is 15.8. The monoisotopic (exact) mass is 157 g/mol. The topological polar surface area (TPSA) is 18.5 Å². The first kappa shape index (κ1) is 6.87. The molecule has 0 aliphatic rings. The van der Waals surface area contributed by atoms with Crippen molar-refractivity contribution in [2.75, 3.05) is 0 Å². The van der Waals surface area contributed by atoms with Crippen molar-refractivity contribution in [2.45, 2.75) is 0 Å². The zero-order chi connectivity index (χ0) is 4.99. The summed E-state index contributed by atoms with van der Waals surface area (Å²) in [6, 6.07) is 0. The third kappa shape index (κ3) is 3.08. The van der Waals surface area contributed by atoms with Crippen LogP contribution in [0.15, 0.2) is 0 Å². The predicted molar refractivity (Wildman–Crippen MR) is 36.3 cm³/mol. The quantitative estimate of drug-likeness (QED) is 0.354. The fourth-order valence-corrected chi connectivity index (χ4v) is 2.01. The highest BCUT2D eigenvalue weighted by molar-refractivity contribution is 8.01. The summed E-state index contributed by atoms with van der Waals surface area (Å²) in [5.41, 5.74) is 0.